The van der Waals surface area contributed by atoms with Crippen molar-refractivity contribution in [1.82, 2.24) is 9.80 Å². The number of nitrogens with zero attached hydrogens (tertiary/aromatic N) is 2. The molecule has 5 heteroatoms. The maximum Gasteiger partial charge on any atom is 0.323 e. The van der Waals surface area contributed by atoms with Crippen LogP contribution in [0.2, 0.25) is 0 Å². The maximum atomic E-state index is 12.5. The van der Waals surface area contributed by atoms with Gasteiger partial charge in [-0.05, 0) is 32.1 Å². The molecule has 0 aliphatic carbocycles. The summed E-state index contributed by atoms with van der Waals surface area (Å²) in [6.45, 7) is 7.33. The molecule has 1 rings (SSSR count). The van der Waals surface area contributed by atoms with E-state index in [9.17, 15) is 9.59 Å². The molecule has 1 heterocycles. The number of urea groups is 1. The number of hydrogen-bond donors (Lipinski definition) is 1. The van der Waals surface area contributed by atoms with Crippen molar-refractivity contribution in [3.05, 3.63) is 0 Å². The largest absolute Gasteiger partial charge is 0.480 e. The highest BCUT2D eigenvalue weighted by molar-refractivity contribution is 5.80. The van der Waals surface area contributed by atoms with Gasteiger partial charge >= 0.3 is 12.0 Å². The fourth-order valence-electron chi connectivity index (χ4n) is 2.53. The van der Waals surface area contributed by atoms with Gasteiger partial charge < -0.3 is 14.9 Å². The molecule has 2 unspecified atom stereocenters. The molecule has 2 amide bonds. The summed E-state index contributed by atoms with van der Waals surface area (Å²) in [4.78, 5) is 26.7. The van der Waals surface area contributed by atoms with Gasteiger partial charge in [0.15, 0.2) is 0 Å². The number of carbonyl (C=O) groups is 2. The Hall–Kier alpha value is -1.26. The Bertz CT molecular complexity index is 320. The third kappa shape index (κ3) is 4.40. The van der Waals surface area contributed by atoms with E-state index < -0.39 is 5.97 Å². The third-order valence-electron chi connectivity index (χ3n) is 4.04. The van der Waals surface area contributed by atoms with Crippen LogP contribution in [0.15, 0.2) is 0 Å². The quantitative estimate of drug-likeness (QED) is 0.834. The molecule has 0 radical (unpaired) electrons. The number of carboxylic acid groups (broad SMARTS) is 1. The van der Waals surface area contributed by atoms with Crippen LogP contribution in [0.1, 0.15) is 46.5 Å². The van der Waals surface area contributed by atoms with Gasteiger partial charge in [-0.15, -0.1) is 0 Å². The van der Waals surface area contributed by atoms with Crippen LogP contribution >= 0.6 is 0 Å². The highest BCUT2D eigenvalue weighted by Gasteiger charge is 2.29. The van der Waals surface area contributed by atoms with Crippen LogP contribution in [0.4, 0.5) is 4.79 Å². The van der Waals surface area contributed by atoms with E-state index in [1.165, 1.54) is 11.3 Å². The molecule has 0 bridgehead atoms. The average molecular weight is 270 g/mol. The Balaban J connectivity index is 2.71. The number of carbonyl (C=O) groups excluding carboxylic acids is 1. The lowest BCUT2D eigenvalue weighted by Crippen LogP contribution is -2.51. The van der Waals surface area contributed by atoms with E-state index in [2.05, 4.69) is 6.92 Å². The number of aliphatic carboxylic acids is 1. The van der Waals surface area contributed by atoms with Crippen LogP contribution in [0.5, 0.6) is 0 Å². The summed E-state index contributed by atoms with van der Waals surface area (Å²) in [5.74, 6) is -0.390. The van der Waals surface area contributed by atoms with E-state index in [-0.39, 0.29) is 18.6 Å². The molecule has 2 atom stereocenters. The number of hydrogen-bond acceptors (Lipinski definition) is 2. The Morgan fingerprint density at radius 3 is 2.63 bits per heavy atom. The Labute approximate surface area is 115 Å². The SMILES string of the molecule is CCC1CCCN(C(=O)N(CC(=O)O)C(C)CC)C1. The van der Waals surface area contributed by atoms with Crippen molar-refractivity contribution in [2.45, 2.75) is 52.5 Å². The van der Waals surface area contributed by atoms with Gasteiger partial charge in [0.2, 0.25) is 0 Å². The van der Waals surface area contributed by atoms with Gasteiger partial charge in [-0.3, -0.25) is 4.79 Å². The third-order valence-corrected chi connectivity index (χ3v) is 4.04. The molecule has 0 saturated carbocycles. The van der Waals surface area contributed by atoms with Crippen LogP contribution in [0, 0.1) is 5.92 Å². The van der Waals surface area contributed by atoms with Gasteiger partial charge in [0.25, 0.3) is 0 Å². The standard InChI is InChI=1S/C14H26N2O3/c1-4-11(3)16(10-13(17)18)14(19)15-8-6-7-12(5-2)9-15/h11-12H,4-10H2,1-3H3,(H,17,18). The summed E-state index contributed by atoms with van der Waals surface area (Å²) in [7, 11) is 0. The van der Waals surface area contributed by atoms with Gasteiger partial charge in [-0.1, -0.05) is 20.3 Å². The zero-order valence-electron chi connectivity index (χ0n) is 12.3. The first kappa shape index (κ1) is 15.8. The first-order valence-electron chi connectivity index (χ1n) is 7.26. The molecule has 0 aromatic rings. The summed E-state index contributed by atoms with van der Waals surface area (Å²) in [6, 6.07) is -0.152. The van der Waals surface area contributed by atoms with E-state index in [4.69, 9.17) is 5.11 Å². The van der Waals surface area contributed by atoms with Gasteiger partial charge in [-0.2, -0.15) is 0 Å². The summed E-state index contributed by atoms with van der Waals surface area (Å²) >= 11 is 0. The van der Waals surface area contributed by atoms with Crippen molar-refractivity contribution in [3.8, 4) is 0 Å². The summed E-state index contributed by atoms with van der Waals surface area (Å²) < 4.78 is 0. The fourth-order valence-corrected chi connectivity index (χ4v) is 2.53. The van der Waals surface area contributed by atoms with E-state index in [0.717, 1.165) is 32.4 Å². The van der Waals surface area contributed by atoms with Crippen molar-refractivity contribution in [2.75, 3.05) is 19.6 Å². The normalized spacial score (nSPS) is 21.0. The van der Waals surface area contributed by atoms with Crippen molar-refractivity contribution >= 4 is 12.0 Å². The molecular weight excluding hydrogens is 244 g/mol. The van der Waals surface area contributed by atoms with Crippen LogP contribution < -0.4 is 0 Å². The molecular formula is C14H26N2O3. The van der Waals surface area contributed by atoms with Crippen LogP contribution in [0.3, 0.4) is 0 Å². The minimum atomic E-state index is -0.947. The van der Waals surface area contributed by atoms with Crippen molar-refractivity contribution < 1.29 is 14.7 Å². The highest BCUT2D eigenvalue weighted by Crippen LogP contribution is 2.21. The minimum Gasteiger partial charge on any atom is -0.480 e. The summed E-state index contributed by atoms with van der Waals surface area (Å²) in [5.41, 5.74) is 0. The van der Waals surface area contributed by atoms with E-state index in [0.29, 0.717) is 5.92 Å². The summed E-state index contributed by atoms with van der Waals surface area (Å²) in [5, 5.41) is 8.96. The zero-order chi connectivity index (χ0) is 14.4. The lowest BCUT2D eigenvalue weighted by atomic mass is 9.96. The Morgan fingerprint density at radius 2 is 2.11 bits per heavy atom. The molecule has 0 aromatic carbocycles. The maximum absolute atomic E-state index is 12.5. The average Bonchev–Trinajstić information content (AvgIpc) is 2.43. The molecule has 0 aromatic heterocycles. The van der Waals surface area contributed by atoms with E-state index in [1.54, 1.807) is 0 Å². The zero-order valence-corrected chi connectivity index (χ0v) is 12.3. The van der Waals surface area contributed by atoms with Crippen LogP contribution in [0.25, 0.3) is 0 Å². The second-order valence-corrected chi connectivity index (χ2v) is 5.42. The van der Waals surface area contributed by atoms with Gasteiger partial charge in [-0.25, -0.2) is 4.79 Å². The first-order chi connectivity index (χ1) is 8.99. The van der Waals surface area contributed by atoms with Crippen molar-refractivity contribution in [1.29, 1.82) is 0 Å². The van der Waals surface area contributed by atoms with E-state index in [1.807, 2.05) is 18.7 Å². The molecule has 0 spiro atoms. The number of amides is 2. The number of rotatable bonds is 5. The van der Waals surface area contributed by atoms with Crippen LogP contribution in [-0.2, 0) is 4.79 Å². The van der Waals surface area contributed by atoms with Gasteiger partial charge in [0, 0.05) is 19.1 Å². The summed E-state index contributed by atoms with van der Waals surface area (Å²) in [6.07, 6.45) is 4.03. The van der Waals surface area contributed by atoms with Crippen molar-refractivity contribution in [2.24, 2.45) is 5.92 Å². The predicted octanol–water partition coefficient (Wildman–Crippen LogP) is 2.41. The highest BCUT2D eigenvalue weighted by atomic mass is 16.4. The number of carboxylic acids is 1. The Morgan fingerprint density at radius 1 is 1.42 bits per heavy atom. The molecule has 1 N–H and O–H groups in total. The van der Waals surface area contributed by atoms with E-state index >= 15 is 0 Å². The number of piperidine rings is 1. The fraction of sp³-hybridized carbons (Fsp3) is 0.857. The molecule has 5 nitrogen and oxygen atoms in total. The second kappa shape index (κ2) is 7.36. The Kier molecular flexibility index (Phi) is 6.12. The second-order valence-electron chi connectivity index (χ2n) is 5.42. The lowest BCUT2D eigenvalue weighted by Gasteiger charge is -2.37. The topological polar surface area (TPSA) is 60.9 Å². The molecule has 1 saturated heterocycles. The predicted molar refractivity (Wildman–Crippen MR) is 74.1 cm³/mol. The molecule has 1 fully saturated rings. The van der Waals surface area contributed by atoms with Crippen molar-refractivity contribution in [3.63, 3.8) is 0 Å². The van der Waals surface area contributed by atoms with Gasteiger partial charge in [0.1, 0.15) is 6.54 Å². The lowest BCUT2D eigenvalue weighted by molar-refractivity contribution is -0.138. The first-order valence-corrected chi connectivity index (χ1v) is 7.26. The molecule has 1 aliphatic heterocycles. The molecule has 110 valence electrons. The van der Waals surface area contributed by atoms with Crippen LogP contribution in [-0.4, -0.2) is 52.6 Å². The molecule has 19 heavy (non-hydrogen) atoms. The number of likely N-dealkylation sites (tertiary alicyclic amines) is 1. The van der Waals surface area contributed by atoms with Gasteiger partial charge in [0.05, 0.1) is 0 Å². The molecule has 1 aliphatic rings. The minimum absolute atomic E-state index is 0.0365. The smallest absolute Gasteiger partial charge is 0.323 e. The monoisotopic (exact) mass is 270 g/mol.